The average Bonchev–Trinajstić information content (AvgIpc) is 2.82. The van der Waals surface area contributed by atoms with E-state index in [4.69, 9.17) is 12.2 Å². The summed E-state index contributed by atoms with van der Waals surface area (Å²) in [6.07, 6.45) is 1.75. The van der Waals surface area contributed by atoms with Gasteiger partial charge in [0.15, 0.2) is 0 Å². The van der Waals surface area contributed by atoms with E-state index in [9.17, 15) is 14.7 Å². The number of amides is 2. The number of thioether (sulfide) groups is 1. The minimum Gasteiger partial charge on any atom is -0.508 e. The fraction of sp³-hybridized carbons (Fsp3) is 0.0556. The van der Waals surface area contributed by atoms with Crippen LogP contribution in [0, 0.1) is 0 Å². The van der Waals surface area contributed by atoms with Gasteiger partial charge in [-0.25, -0.2) is 0 Å². The monoisotopic (exact) mass is 370 g/mol. The van der Waals surface area contributed by atoms with E-state index >= 15 is 0 Å². The Balaban J connectivity index is 1.73. The third kappa shape index (κ3) is 3.89. The molecule has 2 aromatic rings. The number of likely N-dealkylation sites (N-methyl/N-ethyl adjacent to an activating group) is 1. The zero-order chi connectivity index (χ0) is 18.0. The summed E-state index contributed by atoms with van der Waals surface area (Å²) in [6.45, 7) is 0. The summed E-state index contributed by atoms with van der Waals surface area (Å²) in [7, 11) is 1.65. The molecule has 25 heavy (non-hydrogen) atoms. The number of nitrogens with zero attached hydrogens (tertiary/aromatic N) is 1. The molecule has 0 bridgehead atoms. The van der Waals surface area contributed by atoms with E-state index < -0.39 is 0 Å². The Kier molecular flexibility index (Phi) is 4.87. The Morgan fingerprint density at radius 2 is 1.96 bits per heavy atom. The van der Waals surface area contributed by atoms with Gasteiger partial charge in [0, 0.05) is 24.4 Å². The number of hydrogen-bond donors (Lipinski definition) is 2. The van der Waals surface area contributed by atoms with Crippen molar-refractivity contribution in [3.8, 4) is 5.75 Å². The number of carbonyl (C=O) groups is 2. The van der Waals surface area contributed by atoms with Crippen LogP contribution in [-0.4, -0.2) is 33.2 Å². The molecule has 126 valence electrons. The van der Waals surface area contributed by atoms with E-state index in [0.717, 1.165) is 5.56 Å². The van der Waals surface area contributed by atoms with Gasteiger partial charge < -0.3 is 10.4 Å². The normalized spacial score (nSPS) is 15.7. The molecule has 3 rings (SSSR count). The van der Waals surface area contributed by atoms with Gasteiger partial charge in [-0.15, -0.1) is 0 Å². The molecule has 0 spiro atoms. The number of rotatable bonds is 3. The highest BCUT2D eigenvalue weighted by Gasteiger charge is 2.28. The lowest BCUT2D eigenvalue weighted by atomic mass is 10.1. The maximum atomic E-state index is 12.2. The Morgan fingerprint density at radius 1 is 1.24 bits per heavy atom. The Labute approximate surface area is 154 Å². The van der Waals surface area contributed by atoms with Crippen molar-refractivity contribution in [3.63, 3.8) is 0 Å². The Morgan fingerprint density at radius 3 is 2.56 bits per heavy atom. The predicted molar refractivity (Wildman–Crippen MR) is 103 cm³/mol. The van der Waals surface area contributed by atoms with E-state index in [2.05, 4.69) is 5.32 Å². The van der Waals surface area contributed by atoms with Gasteiger partial charge in [0.05, 0.1) is 4.91 Å². The van der Waals surface area contributed by atoms with Gasteiger partial charge in [-0.05, 0) is 35.9 Å². The van der Waals surface area contributed by atoms with Crippen LogP contribution in [0.15, 0.2) is 53.4 Å². The summed E-state index contributed by atoms with van der Waals surface area (Å²) < 4.78 is 0.526. The van der Waals surface area contributed by atoms with Crippen molar-refractivity contribution in [2.45, 2.75) is 0 Å². The Bertz CT molecular complexity index is 891. The van der Waals surface area contributed by atoms with Crippen molar-refractivity contribution >= 4 is 51.9 Å². The molecule has 0 unspecified atom stereocenters. The second-order valence-corrected chi connectivity index (χ2v) is 7.04. The van der Waals surface area contributed by atoms with E-state index in [-0.39, 0.29) is 17.6 Å². The first kappa shape index (κ1) is 17.2. The van der Waals surface area contributed by atoms with Crippen LogP contribution in [0.1, 0.15) is 15.9 Å². The van der Waals surface area contributed by atoms with Gasteiger partial charge >= 0.3 is 0 Å². The maximum Gasteiger partial charge on any atom is 0.265 e. The first-order chi connectivity index (χ1) is 11.9. The molecule has 2 aromatic carbocycles. The minimum absolute atomic E-state index is 0.0846. The van der Waals surface area contributed by atoms with Gasteiger partial charge in [-0.1, -0.05) is 42.2 Å². The van der Waals surface area contributed by atoms with Crippen molar-refractivity contribution in [1.82, 2.24) is 4.90 Å². The number of hydrogen-bond acceptors (Lipinski definition) is 5. The number of aromatic hydroxyl groups is 1. The number of thiocarbonyl (C=S) groups is 1. The standard InChI is InChI=1S/C18H14N2O3S2/c1-20-17(23)15(25-18(20)24)9-11-5-7-12(8-6-11)16(22)19-13-3-2-4-14(21)10-13/h2-10,21H,1H3,(H,19,22)/b15-9+. The lowest BCUT2D eigenvalue weighted by molar-refractivity contribution is -0.121. The quantitative estimate of drug-likeness (QED) is 0.639. The van der Waals surface area contributed by atoms with Crippen LogP contribution in [-0.2, 0) is 4.79 Å². The second kappa shape index (κ2) is 7.08. The van der Waals surface area contributed by atoms with Gasteiger partial charge in [0.2, 0.25) is 0 Å². The van der Waals surface area contributed by atoms with Crippen LogP contribution >= 0.6 is 24.0 Å². The molecule has 0 radical (unpaired) electrons. The van der Waals surface area contributed by atoms with Gasteiger partial charge in [0.25, 0.3) is 11.8 Å². The Hall–Kier alpha value is -2.64. The zero-order valence-electron chi connectivity index (χ0n) is 13.2. The summed E-state index contributed by atoms with van der Waals surface area (Å²) >= 11 is 6.35. The molecule has 0 aromatic heterocycles. The molecule has 1 heterocycles. The molecular formula is C18H14N2O3S2. The molecule has 0 atom stereocenters. The lowest BCUT2D eigenvalue weighted by Gasteiger charge is -2.06. The molecule has 1 aliphatic rings. The highest BCUT2D eigenvalue weighted by molar-refractivity contribution is 8.26. The van der Waals surface area contributed by atoms with Crippen LogP contribution in [0.2, 0.25) is 0 Å². The van der Waals surface area contributed by atoms with Gasteiger partial charge in [0.1, 0.15) is 10.1 Å². The topological polar surface area (TPSA) is 69.6 Å². The third-order valence-electron chi connectivity index (χ3n) is 3.56. The van der Waals surface area contributed by atoms with Gasteiger partial charge in [-0.3, -0.25) is 14.5 Å². The van der Waals surface area contributed by atoms with E-state index in [1.54, 1.807) is 49.5 Å². The largest absolute Gasteiger partial charge is 0.508 e. The molecule has 1 fully saturated rings. The molecule has 5 nitrogen and oxygen atoms in total. The highest BCUT2D eigenvalue weighted by Crippen LogP contribution is 2.31. The van der Waals surface area contributed by atoms with Crippen molar-refractivity contribution in [2.75, 3.05) is 12.4 Å². The number of anilines is 1. The maximum absolute atomic E-state index is 12.2. The van der Waals surface area contributed by atoms with Crippen LogP contribution < -0.4 is 5.32 Å². The van der Waals surface area contributed by atoms with Gasteiger partial charge in [-0.2, -0.15) is 0 Å². The van der Waals surface area contributed by atoms with Crippen LogP contribution in [0.5, 0.6) is 5.75 Å². The summed E-state index contributed by atoms with van der Waals surface area (Å²) in [6, 6.07) is 13.2. The van der Waals surface area contributed by atoms with Crippen molar-refractivity contribution in [2.24, 2.45) is 0 Å². The molecule has 1 saturated heterocycles. The average molecular weight is 370 g/mol. The smallest absolute Gasteiger partial charge is 0.265 e. The van der Waals surface area contributed by atoms with E-state index in [1.807, 2.05) is 0 Å². The number of nitrogens with one attached hydrogen (secondary N) is 1. The van der Waals surface area contributed by atoms with Crippen LogP contribution in [0.25, 0.3) is 6.08 Å². The fourth-order valence-corrected chi connectivity index (χ4v) is 3.39. The number of carbonyl (C=O) groups excluding carboxylic acids is 2. The predicted octanol–water partition coefficient (Wildman–Crippen LogP) is 3.48. The molecule has 1 aliphatic heterocycles. The molecular weight excluding hydrogens is 356 g/mol. The first-order valence-corrected chi connectivity index (χ1v) is 8.58. The van der Waals surface area contributed by atoms with Crippen molar-refractivity contribution < 1.29 is 14.7 Å². The molecule has 0 aliphatic carbocycles. The first-order valence-electron chi connectivity index (χ1n) is 7.36. The van der Waals surface area contributed by atoms with Crippen LogP contribution in [0.4, 0.5) is 5.69 Å². The summed E-state index contributed by atoms with van der Waals surface area (Å²) in [5.74, 6) is -0.320. The number of phenols is 1. The van der Waals surface area contributed by atoms with E-state index in [1.165, 1.54) is 28.8 Å². The molecule has 0 saturated carbocycles. The molecule has 7 heteroatoms. The van der Waals surface area contributed by atoms with E-state index in [0.29, 0.717) is 20.5 Å². The SMILES string of the molecule is CN1C(=O)/C(=C\c2ccc(C(=O)Nc3cccc(O)c3)cc2)SC1=S. The summed E-state index contributed by atoms with van der Waals surface area (Å²) in [5.41, 5.74) is 1.80. The number of phenolic OH excluding ortho intramolecular Hbond substituents is 1. The summed E-state index contributed by atoms with van der Waals surface area (Å²) in [4.78, 5) is 26.2. The number of benzene rings is 2. The highest BCUT2D eigenvalue weighted by atomic mass is 32.2. The second-order valence-electron chi connectivity index (χ2n) is 5.37. The fourth-order valence-electron chi connectivity index (χ4n) is 2.21. The molecule has 2 amide bonds. The third-order valence-corrected chi connectivity index (χ3v) is 5.05. The zero-order valence-corrected chi connectivity index (χ0v) is 14.9. The minimum atomic E-state index is -0.281. The van der Waals surface area contributed by atoms with Crippen molar-refractivity contribution in [3.05, 3.63) is 64.6 Å². The lowest BCUT2D eigenvalue weighted by Crippen LogP contribution is -2.22. The van der Waals surface area contributed by atoms with Crippen molar-refractivity contribution in [1.29, 1.82) is 0 Å². The summed E-state index contributed by atoms with van der Waals surface area (Å²) in [5, 5.41) is 12.1. The molecule has 2 N–H and O–H groups in total. The van der Waals surface area contributed by atoms with Crippen LogP contribution in [0.3, 0.4) is 0 Å².